The Kier molecular flexibility index (Phi) is 4.31. The van der Waals surface area contributed by atoms with E-state index in [1.54, 1.807) is 30.3 Å². The first kappa shape index (κ1) is 16.5. The molecular weight excluding hydrogens is 387 g/mol. The SMILES string of the molecule is O=C(C1=CNCC=C1)n1nc(-c2ccc(Br)cc2)cc1C(F)(F)F. The molecule has 1 N–H and O–H groups in total. The van der Waals surface area contributed by atoms with Crippen molar-refractivity contribution < 1.29 is 18.0 Å². The first-order valence-corrected chi connectivity index (χ1v) is 7.73. The summed E-state index contributed by atoms with van der Waals surface area (Å²) in [4.78, 5) is 12.4. The maximum atomic E-state index is 13.3. The predicted molar refractivity (Wildman–Crippen MR) is 86.2 cm³/mol. The lowest BCUT2D eigenvalue weighted by Gasteiger charge is -2.11. The Balaban J connectivity index is 2.07. The van der Waals surface area contributed by atoms with Gasteiger partial charge in [0.2, 0.25) is 0 Å². The quantitative estimate of drug-likeness (QED) is 0.832. The molecule has 0 spiro atoms. The second-order valence-corrected chi connectivity index (χ2v) is 5.96. The van der Waals surface area contributed by atoms with E-state index in [4.69, 9.17) is 0 Å². The largest absolute Gasteiger partial charge is 0.433 e. The summed E-state index contributed by atoms with van der Waals surface area (Å²) in [6, 6.07) is 7.52. The van der Waals surface area contributed by atoms with E-state index in [0.29, 0.717) is 16.8 Å². The van der Waals surface area contributed by atoms with Crippen LogP contribution < -0.4 is 5.32 Å². The number of hydrogen-bond donors (Lipinski definition) is 1. The van der Waals surface area contributed by atoms with Crippen LogP contribution in [0.1, 0.15) is 10.5 Å². The summed E-state index contributed by atoms with van der Waals surface area (Å²) < 4.78 is 41.1. The highest BCUT2D eigenvalue weighted by atomic mass is 79.9. The average molecular weight is 398 g/mol. The molecule has 1 aromatic carbocycles. The molecule has 1 aliphatic heterocycles. The number of nitrogens with one attached hydrogen (secondary N) is 1. The number of rotatable bonds is 2. The van der Waals surface area contributed by atoms with Crippen LogP contribution in [0, 0.1) is 0 Å². The summed E-state index contributed by atoms with van der Waals surface area (Å²) in [6.07, 6.45) is -0.189. The van der Waals surface area contributed by atoms with Gasteiger partial charge in [0.25, 0.3) is 5.91 Å². The minimum absolute atomic E-state index is 0.0801. The fraction of sp³-hybridized carbons (Fsp3) is 0.125. The first-order chi connectivity index (χ1) is 11.4. The van der Waals surface area contributed by atoms with Gasteiger partial charge in [-0.2, -0.15) is 23.0 Å². The van der Waals surface area contributed by atoms with Gasteiger partial charge in [-0.15, -0.1) is 0 Å². The van der Waals surface area contributed by atoms with Crippen LogP contribution in [0.5, 0.6) is 0 Å². The van der Waals surface area contributed by atoms with Crippen molar-refractivity contribution in [1.29, 1.82) is 0 Å². The molecule has 1 aliphatic rings. The molecule has 124 valence electrons. The summed E-state index contributed by atoms with van der Waals surface area (Å²) in [6.45, 7) is 0.520. The molecule has 0 fully saturated rings. The van der Waals surface area contributed by atoms with Gasteiger partial charge in [0, 0.05) is 22.8 Å². The second-order valence-electron chi connectivity index (χ2n) is 5.05. The van der Waals surface area contributed by atoms with Crippen molar-refractivity contribution in [2.24, 2.45) is 0 Å². The summed E-state index contributed by atoms with van der Waals surface area (Å²) in [5.74, 6) is -0.839. The molecular formula is C16H11BrF3N3O. The van der Waals surface area contributed by atoms with Crippen LogP contribution >= 0.6 is 15.9 Å². The van der Waals surface area contributed by atoms with E-state index in [0.717, 1.165) is 10.5 Å². The van der Waals surface area contributed by atoms with E-state index in [9.17, 15) is 18.0 Å². The van der Waals surface area contributed by atoms with Crippen molar-refractivity contribution in [3.63, 3.8) is 0 Å². The molecule has 24 heavy (non-hydrogen) atoms. The van der Waals surface area contributed by atoms with Gasteiger partial charge in [0.15, 0.2) is 5.69 Å². The second kappa shape index (κ2) is 6.27. The molecule has 8 heteroatoms. The number of hydrogen-bond acceptors (Lipinski definition) is 3. The zero-order valence-electron chi connectivity index (χ0n) is 12.1. The van der Waals surface area contributed by atoms with Crippen molar-refractivity contribution in [2.45, 2.75) is 6.18 Å². The number of aromatic nitrogens is 2. The lowest BCUT2D eigenvalue weighted by atomic mass is 10.1. The van der Waals surface area contributed by atoms with Crippen LogP contribution in [0.3, 0.4) is 0 Å². The third-order valence-corrected chi connectivity index (χ3v) is 3.90. The number of carbonyl (C=O) groups is 1. The summed E-state index contributed by atoms with van der Waals surface area (Å²) in [5.41, 5.74) is -0.430. The number of dihydropyridines is 1. The molecule has 0 saturated heterocycles. The maximum absolute atomic E-state index is 13.3. The molecule has 0 aliphatic carbocycles. The number of carbonyl (C=O) groups excluding carboxylic acids is 1. The monoisotopic (exact) mass is 397 g/mol. The lowest BCUT2D eigenvalue weighted by molar-refractivity contribution is -0.143. The first-order valence-electron chi connectivity index (χ1n) is 6.94. The maximum Gasteiger partial charge on any atom is 0.433 e. The van der Waals surface area contributed by atoms with E-state index >= 15 is 0 Å². The van der Waals surface area contributed by atoms with Crippen LogP contribution in [0.2, 0.25) is 0 Å². The van der Waals surface area contributed by atoms with Gasteiger partial charge in [-0.1, -0.05) is 40.2 Å². The zero-order chi connectivity index (χ0) is 17.3. The van der Waals surface area contributed by atoms with Gasteiger partial charge in [0.05, 0.1) is 11.3 Å². The standard InChI is InChI=1S/C16H11BrF3N3O/c17-12-5-3-10(4-6-12)13-8-14(16(18,19)20)23(22-13)15(24)11-2-1-7-21-9-11/h1-6,8-9,21H,7H2. The molecule has 4 nitrogen and oxygen atoms in total. The minimum atomic E-state index is -4.69. The van der Waals surface area contributed by atoms with Crippen LogP contribution in [0.25, 0.3) is 11.3 Å². The third-order valence-electron chi connectivity index (χ3n) is 3.37. The van der Waals surface area contributed by atoms with E-state index in [1.807, 2.05) is 0 Å². The van der Waals surface area contributed by atoms with Crippen LogP contribution in [0.4, 0.5) is 13.2 Å². The fourth-order valence-electron chi connectivity index (χ4n) is 2.23. The van der Waals surface area contributed by atoms with E-state index in [-0.39, 0.29) is 11.3 Å². The third kappa shape index (κ3) is 3.28. The Morgan fingerprint density at radius 2 is 1.96 bits per heavy atom. The predicted octanol–water partition coefficient (Wildman–Crippen LogP) is 4.01. The highest BCUT2D eigenvalue weighted by Gasteiger charge is 2.38. The van der Waals surface area contributed by atoms with Crippen molar-refractivity contribution in [1.82, 2.24) is 15.1 Å². The number of allylic oxidation sites excluding steroid dienone is 2. The Labute approximate surface area is 143 Å². The Bertz CT molecular complexity index is 835. The molecule has 0 amide bonds. The molecule has 3 rings (SSSR count). The van der Waals surface area contributed by atoms with Gasteiger partial charge in [-0.25, -0.2) is 0 Å². The van der Waals surface area contributed by atoms with Crippen LogP contribution in [-0.4, -0.2) is 22.2 Å². The van der Waals surface area contributed by atoms with Gasteiger partial charge in [-0.3, -0.25) is 4.79 Å². The van der Waals surface area contributed by atoms with Crippen molar-refractivity contribution in [3.05, 3.63) is 64.4 Å². The summed E-state index contributed by atoms with van der Waals surface area (Å²) in [5, 5.41) is 6.67. The Hall–Kier alpha value is -2.35. The van der Waals surface area contributed by atoms with Gasteiger partial charge < -0.3 is 5.32 Å². The van der Waals surface area contributed by atoms with Crippen molar-refractivity contribution >= 4 is 21.8 Å². The number of nitrogens with zero attached hydrogens (tertiary/aromatic N) is 2. The van der Waals surface area contributed by atoms with Crippen LogP contribution in [0.15, 0.2) is 58.7 Å². The molecule has 0 atom stereocenters. The van der Waals surface area contributed by atoms with Gasteiger partial charge >= 0.3 is 6.18 Å². The highest BCUT2D eigenvalue weighted by Crippen LogP contribution is 2.33. The number of halogens is 4. The number of alkyl halides is 3. The number of benzene rings is 1. The summed E-state index contributed by atoms with van der Waals surface area (Å²) >= 11 is 3.26. The normalized spacial score (nSPS) is 14.2. The average Bonchev–Trinajstić information content (AvgIpc) is 3.01. The minimum Gasteiger partial charge on any atom is -0.387 e. The molecule has 2 aromatic rings. The Morgan fingerprint density at radius 3 is 2.54 bits per heavy atom. The van der Waals surface area contributed by atoms with E-state index in [1.165, 1.54) is 12.3 Å². The van der Waals surface area contributed by atoms with Gasteiger partial charge in [-0.05, 0) is 18.2 Å². The van der Waals surface area contributed by atoms with Gasteiger partial charge in [0.1, 0.15) is 0 Å². The summed E-state index contributed by atoms with van der Waals surface area (Å²) in [7, 11) is 0. The molecule has 0 bridgehead atoms. The topological polar surface area (TPSA) is 46.9 Å². The van der Waals surface area contributed by atoms with Crippen molar-refractivity contribution in [3.8, 4) is 11.3 Å². The zero-order valence-corrected chi connectivity index (χ0v) is 13.7. The van der Waals surface area contributed by atoms with Crippen molar-refractivity contribution in [2.75, 3.05) is 6.54 Å². The van der Waals surface area contributed by atoms with E-state index < -0.39 is 17.8 Å². The van der Waals surface area contributed by atoms with Crippen LogP contribution in [-0.2, 0) is 6.18 Å². The smallest absolute Gasteiger partial charge is 0.387 e. The van der Waals surface area contributed by atoms with E-state index in [2.05, 4.69) is 26.3 Å². The molecule has 0 saturated carbocycles. The molecule has 0 radical (unpaired) electrons. The molecule has 2 heterocycles. The lowest BCUT2D eigenvalue weighted by Crippen LogP contribution is -2.24. The Morgan fingerprint density at radius 1 is 1.25 bits per heavy atom. The fourth-order valence-corrected chi connectivity index (χ4v) is 2.49. The highest BCUT2D eigenvalue weighted by molar-refractivity contribution is 9.10. The molecule has 0 unspecified atom stereocenters. The molecule has 1 aromatic heterocycles.